The van der Waals surface area contributed by atoms with Gasteiger partial charge in [-0.25, -0.2) is 9.67 Å². The average Bonchev–Trinajstić information content (AvgIpc) is 2.96. The molecule has 0 atom stereocenters. The second-order valence-corrected chi connectivity index (χ2v) is 4.89. The van der Waals surface area contributed by atoms with Gasteiger partial charge >= 0.3 is 0 Å². The molecule has 0 bridgehead atoms. The lowest BCUT2D eigenvalue weighted by Crippen LogP contribution is -2.15. The minimum atomic E-state index is -0.389. The summed E-state index contributed by atoms with van der Waals surface area (Å²) in [6, 6.07) is 14.3. The Morgan fingerprint density at radius 1 is 1.14 bits per heavy atom. The number of carbonyl (C=O) groups excluding carboxylic acids is 1. The number of rotatable bonds is 3. The zero-order valence-corrected chi connectivity index (χ0v) is 12.2. The lowest BCUT2D eigenvalue weighted by atomic mass is 10.2. The van der Waals surface area contributed by atoms with Gasteiger partial charge in [0.05, 0.1) is 11.3 Å². The number of hydrogen-bond donors (Lipinski definition) is 2. The van der Waals surface area contributed by atoms with Gasteiger partial charge < -0.3 is 11.1 Å². The molecule has 0 aliphatic heterocycles. The molecular weight excluding hydrogens is 302 g/mol. The average molecular weight is 314 g/mol. The van der Waals surface area contributed by atoms with Crippen molar-refractivity contribution in [1.82, 2.24) is 14.8 Å². The van der Waals surface area contributed by atoms with Crippen molar-refractivity contribution in [3.05, 3.63) is 65.4 Å². The van der Waals surface area contributed by atoms with Gasteiger partial charge in [-0.2, -0.15) is 5.10 Å². The highest BCUT2D eigenvalue weighted by atomic mass is 35.5. The molecule has 0 saturated heterocycles. The van der Waals surface area contributed by atoms with Crippen LogP contribution in [-0.2, 0) is 0 Å². The third-order valence-electron chi connectivity index (χ3n) is 2.99. The van der Waals surface area contributed by atoms with Crippen molar-refractivity contribution < 1.29 is 4.79 Å². The van der Waals surface area contributed by atoms with Crippen LogP contribution >= 0.6 is 11.6 Å². The number of nitrogens with two attached hydrogens (primary N) is 1. The summed E-state index contributed by atoms with van der Waals surface area (Å²) in [5.41, 5.74) is 6.84. The number of aromatic nitrogens is 3. The number of amides is 1. The van der Waals surface area contributed by atoms with Gasteiger partial charge in [-0.05, 0) is 24.3 Å². The lowest BCUT2D eigenvalue weighted by molar-refractivity contribution is 0.102. The summed E-state index contributed by atoms with van der Waals surface area (Å²) in [7, 11) is 0. The van der Waals surface area contributed by atoms with Crippen molar-refractivity contribution >= 4 is 29.1 Å². The monoisotopic (exact) mass is 313 g/mol. The Kier molecular flexibility index (Phi) is 3.76. The van der Waals surface area contributed by atoms with E-state index in [4.69, 9.17) is 17.3 Å². The van der Waals surface area contributed by atoms with Crippen LogP contribution in [0.4, 0.5) is 11.6 Å². The minimum absolute atomic E-state index is 0.0764. The number of halogens is 1. The highest BCUT2D eigenvalue weighted by molar-refractivity contribution is 6.29. The van der Waals surface area contributed by atoms with Crippen LogP contribution in [0.3, 0.4) is 0 Å². The molecule has 6 nitrogen and oxygen atoms in total. The van der Waals surface area contributed by atoms with Gasteiger partial charge in [0.2, 0.25) is 0 Å². The molecule has 22 heavy (non-hydrogen) atoms. The Morgan fingerprint density at radius 3 is 2.64 bits per heavy atom. The molecule has 0 radical (unpaired) electrons. The van der Waals surface area contributed by atoms with Crippen molar-refractivity contribution in [1.29, 1.82) is 0 Å². The predicted molar refractivity (Wildman–Crippen MR) is 85.2 cm³/mol. The highest BCUT2D eigenvalue weighted by Gasteiger charge is 2.13. The molecule has 0 fully saturated rings. The molecule has 1 aromatic carbocycles. The van der Waals surface area contributed by atoms with Crippen LogP contribution in [0, 0.1) is 0 Å². The predicted octanol–water partition coefficient (Wildman–Crippen LogP) is 2.76. The molecule has 110 valence electrons. The fourth-order valence-corrected chi connectivity index (χ4v) is 2.09. The Balaban J connectivity index is 1.79. The lowest BCUT2D eigenvalue weighted by Gasteiger charge is -2.05. The van der Waals surface area contributed by atoms with E-state index in [2.05, 4.69) is 15.4 Å². The first-order valence-corrected chi connectivity index (χ1v) is 6.86. The van der Waals surface area contributed by atoms with E-state index in [0.717, 1.165) is 5.69 Å². The van der Waals surface area contributed by atoms with E-state index in [1.54, 1.807) is 16.9 Å². The van der Waals surface area contributed by atoms with Gasteiger partial charge in [-0.15, -0.1) is 0 Å². The molecule has 0 spiro atoms. The molecule has 0 unspecified atom stereocenters. The number of hydrogen-bond acceptors (Lipinski definition) is 4. The Morgan fingerprint density at radius 2 is 1.91 bits per heavy atom. The van der Waals surface area contributed by atoms with Crippen LogP contribution in [0.1, 0.15) is 10.4 Å². The molecule has 1 amide bonds. The van der Waals surface area contributed by atoms with Crippen LogP contribution < -0.4 is 11.1 Å². The van der Waals surface area contributed by atoms with E-state index < -0.39 is 0 Å². The standard InChI is InChI=1S/C15H12ClN5O/c16-12-7-6-11(14(17)18-12)15(22)19-13-8-9-21(20-13)10-4-2-1-3-5-10/h1-9H,(H2,17,18)(H,19,20,22). The molecule has 3 N–H and O–H groups in total. The quantitative estimate of drug-likeness (QED) is 0.728. The van der Waals surface area contributed by atoms with Crippen LogP contribution in [0.15, 0.2) is 54.7 Å². The second kappa shape index (κ2) is 5.87. The van der Waals surface area contributed by atoms with Gasteiger partial charge in [0.15, 0.2) is 5.82 Å². The first kappa shape index (κ1) is 14.1. The number of pyridine rings is 1. The summed E-state index contributed by atoms with van der Waals surface area (Å²) < 4.78 is 1.67. The summed E-state index contributed by atoms with van der Waals surface area (Å²) in [5.74, 6) is 0.107. The highest BCUT2D eigenvalue weighted by Crippen LogP contribution is 2.16. The number of anilines is 2. The number of benzene rings is 1. The van der Waals surface area contributed by atoms with Crippen molar-refractivity contribution in [2.75, 3.05) is 11.1 Å². The van der Waals surface area contributed by atoms with Crippen LogP contribution in [0.5, 0.6) is 0 Å². The molecule has 0 aliphatic rings. The molecule has 2 heterocycles. The molecule has 3 rings (SSSR count). The van der Waals surface area contributed by atoms with Crippen LogP contribution in [0.25, 0.3) is 5.69 Å². The van der Waals surface area contributed by atoms with E-state index in [-0.39, 0.29) is 22.4 Å². The maximum Gasteiger partial charge on any atom is 0.260 e. The van der Waals surface area contributed by atoms with Crippen LogP contribution in [-0.4, -0.2) is 20.7 Å². The van der Waals surface area contributed by atoms with E-state index in [9.17, 15) is 4.79 Å². The topological polar surface area (TPSA) is 85.8 Å². The van der Waals surface area contributed by atoms with Gasteiger partial charge in [-0.1, -0.05) is 29.8 Å². The van der Waals surface area contributed by atoms with Crippen molar-refractivity contribution in [3.63, 3.8) is 0 Å². The first-order chi connectivity index (χ1) is 10.6. The number of nitrogens with zero attached hydrogens (tertiary/aromatic N) is 3. The van der Waals surface area contributed by atoms with E-state index in [1.807, 2.05) is 30.3 Å². The summed E-state index contributed by atoms with van der Waals surface area (Å²) in [6.07, 6.45) is 1.76. The van der Waals surface area contributed by atoms with E-state index >= 15 is 0 Å². The first-order valence-electron chi connectivity index (χ1n) is 6.48. The summed E-state index contributed by atoms with van der Waals surface area (Å²) in [4.78, 5) is 16.0. The van der Waals surface area contributed by atoms with Gasteiger partial charge in [-0.3, -0.25) is 4.79 Å². The molecule has 0 saturated carbocycles. The third kappa shape index (κ3) is 2.91. The zero-order chi connectivity index (χ0) is 15.5. The molecule has 0 aliphatic carbocycles. The third-order valence-corrected chi connectivity index (χ3v) is 3.20. The Hall–Kier alpha value is -2.86. The van der Waals surface area contributed by atoms with Crippen molar-refractivity contribution in [3.8, 4) is 5.69 Å². The molecule has 7 heteroatoms. The summed E-state index contributed by atoms with van der Waals surface area (Å²) in [5, 5.41) is 7.20. The van der Waals surface area contributed by atoms with Gasteiger partial charge in [0, 0.05) is 12.3 Å². The SMILES string of the molecule is Nc1nc(Cl)ccc1C(=O)Nc1ccn(-c2ccccc2)n1. The van der Waals surface area contributed by atoms with Crippen molar-refractivity contribution in [2.24, 2.45) is 0 Å². The zero-order valence-electron chi connectivity index (χ0n) is 11.4. The Bertz CT molecular complexity index is 816. The van der Waals surface area contributed by atoms with Gasteiger partial charge in [0.25, 0.3) is 5.91 Å². The molecule has 3 aromatic rings. The number of para-hydroxylation sites is 1. The Labute approximate surface area is 131 Å². The number of nitrogens with one attached hydrogen (secondary N) is 1. The molecule has 2 aromatic heterocycles. The normalized spacial score (nSPS) is 10.4. The number of carbonyl (C=O) groups is 1. The molecular formula is C15H12ClN5O. The van der Waals surface area contributed by atoms with E-state index in [1.165, 1.54) is 12.1 Å². The smallest absolute Gasteiger partial charge is 0.260 e. The van der Waals surface area contributed by atoms with Crippen LogP contribution in [0.2, 0.25) is 5.15 Å². The maximum absolute atomic E-state index is 12.2. The maximum atomic E-state index is 12.2. The van der Waals surface area contributed by atoms with Crippen molar-refractivity contribution in [2.45, 2.75) is 0 Å². The second-order valence-electron chi connectivity index (χ2n) is 4.50. The fourth-order valence-electron chi connectivity index (χ4n) is 1.94. The van der Waals surface area contributed by atoms with E-state index in [0.29, 0.717) is 5.82 Å². The summed E-state index contributed by atoms with van der Waals surface area (Å²) >= 11 is 5.71. The minimum Gasteiger partial charge on any atom is -0.383 e. The fraction of sp³-hybridized carbons (Fsp3) is 0. The van der Waals surface area contributed by atoms with Gasteiger partial charge in [0.1, 0.15) is 11.0 Å². The number of nitrogen functional groups attached to an aromatic ring is 1. The largest absolute Gasteiger partial charge is 0.383 e. The summed E-state index contributed by atoms with van der Waals surface area (Å²) in [6.45, 7) is 0.